The van der Waals surface area contributed by atoms with Gasteiger partial charge in [0.25, 0.3) is 0 Å². The second-order valence-electron chi connectivity index (χ2n) is 2.67. The SMILES string of the molecule is COC(O)C(N)c1ccccc1Cl. The van der Waals surface area contributed by atoms with Crippen LogP contribution in [0.1, 0.15) is 11.6 Å². The first-order valence-electron chi connectivity index (χ1n) is 3.87. The van der Waals surface area contributed by atoms with Crippen molar-refractivity contribution in [3.05, 3.63) is 34.9 Å². The molecule has 0 bridgehead atoms. The van der Waals surface area contributed by atoms with Crippen LogP contribution in [-0.4, -0.2) is 18.5 Å². The molecule has 0 aliphatic heterocycles. The summed E-state index contributed by atoms with van der Waals surface area (Å²) in [4.78, 5) is 0. The minimum Gasteiger partial charge on any atom is -0.366 e. The number of halogens is 1. The third kappa shape index (κ3) is 2.42. The zero-order chi connectivity index (χ0) is 9.84. The van der Waals surface area contributed by atoms with Gasteiger partial charge < -0.3 is 15.6 Å². The minimum atomic E-state index is -1.03. The molecule has 13 heavy (non-hydrogen) atoms. The Kier molecular flexibility index (Phi) is 3.69. The molecule has 3 N–H and O–H groups in total. The molecule has 1 rings (SSSR count). The summed E-state index contributed by atoms with van der Waals surface area (Å²) in [7, 11) is 1.39. The summed E-state index contributed by atoms with van der Waals surface area (Å²) in [6.07, 6.45) is -1.03. The van der Waals surface area contributed by atoms with E-state index in [1.54, 1.807) is 18.2 Å². The van der Waals surface area contributed by atoms with E-state index in [-0.39, 0.29) is 0 Å². The number of aliphatic hydroxyl groups is 1. The van der Waals surface area contributed by atoms with Crippen LogP contribution in [0.15, 0.2) is 24.3 Å². The van der Waals surface area contributed by atoms with E-state index in [1.165, 1.54) is 7.11 Å². The lowest BCUT2D eigenvalue weighted by Crippen LogP contribution is -2.27. The third-order valence-corrected chi connectivity index (χ3v) is 2.16. The molecular formula is C9H12ClNO2. The molecule has 1 aromatic carbocycles. The fourth-order valence-corrected chi connectivity index (χ4v) is 1.31. The molecule has 0 saturated carbocycles. The first-order chi connectivity index (χ1) is 6.16. The molecule has 72 valence electrons. The molecule has 1 aromatic rings. The van der Waals surface area contributed by atoms with E-state index in [9.17, 15) is 5.11 Å². The fourth-order valence-electron chi connectivity index (χ4n) is 1.05. The summed E-state index contributed by atoms with van der Waals surface area (Å²) in [6.45, 7) is 0. The number of hydrogen-bond donors (Lipinski definition) is 2. The molecule has 0 aliphatic rings. The van der Waals surface area contributed by atoms with Crippen LogP contribution in [0.3, 0.4) is 0 Å². The van der Waals surface area contributed by atoms with Gasteiger partial charge in [0.2, 0.25) is 0 Å². The molecule has 0 spiro atoms. The van der Waals surface area contributed by atoms with Gasteiger partial charge in [0.1, 0.15) is 0 Å². The highest BCUT2D eigenvalue weighted by Crippen LogP contribution is 2.23. The summed E-state index contributed by atoms with van der Waals surface area (Å²) < 4.78 is 4.69. The van der Waals surface area contributed by atoms with Crippen LogP contribution >= 0.6 is 11.6 Å². The van der Waals surface area contributed by atoms with Crippen LogP contribution in [0.25, 0.3) is 0 Å². The van der Waals surface area contributed by atoms with Gasteiger partial charge in [0.15, 0.2) is 6.29 Å². The lowest BCUT2D eigenvalue weighted by atomic mass is 10.1. The predicted octanol–water partition coefficient (Wildman–Crippen LogP) is 1.30. The molecule has 0 aromatic heterocycles. The van der Waals surface area contributed by atoms with Gasteiger partial charge in [-0.15, -0.1) is 0 Å². The summed E-state index contributed by atoms with van der Waals surface area (Å²) in [5.41, 5.74) is 6.37. The largest absolute Gasteiger partial charge is 0.366 e. The second-order valence-corrected chi connectivity index (χ2v) is 3.08. The smallest absolute Gasteiger partial charge is 0.173 e. The Bertz CT molecular complexity index is 280. The topological polar surface area (TPSA) is 55.5 Å². The molecule has 0 amide bonds. The van der Waals surface area contributed by atoms with Gasteiger partial charge in [0, 0.05) is 12.1 Å². The molecule has 4 heteroatoms. The van der Waals surface area contributed by atoms with Crippen molar-refractivity contribution >= 4 is 11.6 Å². The quantitative estimate of drug-likeness (QED) is 0.725. The fraction of sp³-hybridized carbons (Fsp3) is 0.333. The molecule has 0 aliphatic carbocycles. The lowest BCUT2D eigenvalue weighted by molar-refractivity contribution is -0.0903. The van der Waals surface area contributed by atoms with Gasteiger partial charge >= 0.3 is 0 Å². The summed E-state index contributed by atoms with van der Waals surface area (Å²) in [5, 5.41) is 9.83. The molecule has 0 fully saturated rings. The van der Waals surface area contributed by atoms with E-state index in [2.05, 4.69) is 0 Å². The van der Waals surface area contributed by atoms with Gasteiger partial charge in [-0.05, 0) is 11.6 Å². The Morgan fingerprint density at radius 1 is 1.46 bits per heavy atom. The Balaban J connectivity index is 2.88. The number of benzene rings is 1. The zero-order valence-electron chi connectivity index (χ0n) is 7.27. The zero-order valence-corrected chi connectivity index (χ0v) is 8.03. The predicted molar refractivity (Wildman–Crippen MR) is 51.4 cm³/mol. The van der Waals surface area contributed by atoms with Crippen LogP contribution in [0.5, 0.6) is 0 Å². The minimum absolute atomic E-state index is 0.533. The summed E-state index contributed by atoms with van der Waals surface area (Å²) in [6, 6.07) is 6.48. The molecule has 2 atom stereocenters. The van der Waals surface area contributed by atoms with Crippen molar-refractivity contribution in [3.63, 3.8) is 0 Å². The van der Waals surface area contributed by atoms with Gasteiger partial charge in [-0.25, -0.2) is 0 Å². The maximum absolute atomic E-state index is 9.30. The Hall–Kier alpha value is -0.610. The van der Waals surface area contributed by atoms with Crippen LogP contribution in [-0.2, 0) is 4.74 Å². The maximum Gasteiger partial charge on any atom is 0.173 e. The Morgan fingerprint density at radius 2 is 2.08 bits per heavy atom. The van der Waals surface area contributed by atoms with Crippen molar-refractivity contribution in [3.8, 4) is 0 Å². The first kappa shape index (κ1) is 10.5. The average molecular weight is 202 g/mol. The summed E-state index contributed by atoms with van der Waals surface area (Å²) >= 11 is 5.87. The van der Waals surface area contributed by atoms with Crippen LogP contribution < -0.4 is 5.73 Å². The van der Waals surface area contributed by atoms with Crippen molar-refractivity contribution < 1.29 is 9.84 Å². The highest BCUT2D eigenvalue weighted by molar-refractivity contribution is 6.31. The number of hydrogen-bond acceptors (Lipinski definition) is 3. The summed E-state index contributed by atoms with van der Waals surface area (Å²) in [5.74, 6) is 0. The van der Waals surface area contributed by atoms with Crippen molar-refractivity contribution in [1.29, 1.82) is 0 Å². The number of nitrogens with two attached hydrogens (primary N) is 1. The number of methoxy groups -OCH3 is 1. The van der Waals surface area contributed by atoms with Crippen LogP contribution in [0.4, 0.5) is 0 Å². The molecule has 0 heterocycles. The number of rotatable bonds is 3. The molecule has 0 radical (unpaired) electrons. The molecular weight excluding hydrogens is 190 g/mol. The van der Waals surface area contributed by atoms with Crippen molar-refractivity contribution in [2.45, 2.75) is 12.3 Å². The van der Waals surface area contributed by atoms with Gasteiger partial charge in [0.05, 0.1) is 6.04 Å². The Morgan fingerprint density at radius 3 is 2.62 bits per heavy atom. The van der Waals surface area contributed by atoms with Crippen molar-refractivity contribution in [2.24, 2.45) is 5.73 Å². The van der Waals surface area contributed by atoms with E-state index >= 15 is 0 Å². The molecule has 0 saturated heterocycles. The van der Waals surface area contributed by atoms with Gasteiger partial charge in [-0.1, -0.05) is 29.8 Å². The second kappa shape index (κ2) is 4.58. The maximum atomic E-state index is 9.30. The first-order valence-corrected chi connectivity index (χ1v) is 4.25. The van der Waals surface area contributed by atoms with Crippen LogP contribution in [0, 0.1) is 0 Å². The van der Waals surface area contributed by atoms with E-state index in [4.69, 9.17) is 22.1 Å². The van der Waals surface area contributed by atoms with E-state index < -0.39 is 12.3 Å². The lowest BCUT2D eigenvalue weighted by Gasteiger charge is -2.18. The van der Waals surface area contributed by atoms with E-state index in [1.807, 2.05) is 6.07 Å². The van der Waals surface area contributed by atoms with Gasteiger partial charge in [-0.2, -0.15) is 0 Å². The van der Waals surface area contributed by atoms with Crippen LogP contribution in [0.2, 0.25) is 5.02 Å². The highest BCUT2D eigenvalue weighted by Gasteiger charge is 2.17. The Labute approximate surface area is 82.1 Å². The number of ether oxygens (including phenoxy) is 1. The number of aliphatic hydroxyl groups excluding tert-OH is 1. The average Bonchev–Trinajstić information content (AvgIpc) is 2.16. The van der Waals surface area contributed by atoms with E-state index in [0.717, 1.165) is 0 Å². The standard InChI is InChI=1S/C9H12ClNO2/c1-13-9(12)8(11)6-4-2-3-5-7(6)10/h2-5,8-9,12H,11H2,1H3. The highest BCUT2D eigenvalue weighted by atomic mass is 35.5. The third-order valence-electron chi connectivity index (χ3n) is 1.81. The van der Waals surface area contributed by atoms with Crippen molar-refractivity contribution in [1.82, 2.24) is 0 Å². The van der Waals surface area contributed by atoms with E-state index in [0.29, 0.717) is 10.6 Å². The molecule has 2 unspecified atom stereocenters. The van der Waals surface area contributed by atoms with Crippen molar-refractivity contribution in [2.75, 3.05) is 7.11 Å². The monoisotopic (exact) mass is 201 g/mol. The van der Waals surface area contributed by atoms with Gasteiger partial charge in [-0.3, -0.25) is 0 Å². The molecule has 3 nitrogen and oxygen atoms in total. The normalized spacial score (nSPS) is 15.4.